The molecule has 1 aliphatic heterocycles. The molecule has 8 heteroatoms. The topological polar surface area (TPSA) is 95.2 Å². The van der Waals surface area contributed by atoms with Crippen molar-refractivity contribution in [3.8, 4) is 0 Å². The van der Waals surface area contributed by atoms with Crippen molar-refractivity contribution in [2.75, 3.05) is 25.9 Å². The van der Waals surface area contributed by atoms with Crippen molar-refractivity contribution in [1.82, 2.24) is 19.8 Å². The number of hydrogen-bond acceptors (Lipinski definition) is 4. The van der Waals surface area contributed by atoms with Crippen molar-refractivity contribution in [1.29, 1.82) is 0 Å². The van der Waals surface area contributed by atoms with Crippen LogP contribution in [0.4, 0.5) is 0 Å². The Kier molecular flexibility index (Phi) is 3.67. The Hall–Kier alpha value is -1.41. The second-order valence-electron chi connectivity index (χ2n) is 4.47. The molecule has 1 unspecified atom stereocenters. The first kappa shape index (κ1) is 13.0. The number of hydrogen-bond donors (Lipinski definition) is 2. The average molecular weight is 272 g/mol. The standard InChI is InChI=1S/C10H16N4O3S/c1-18(16,17)14-3-2-8(7-14)4-11-10(15)9-5-12-13-6-9/h5-6,8H,2-4,7H2,1H3,(H,11,15)(H,12,13). The molecule has 100 valence electrons. The summed E-state index contributed by atoms with van der Waals surface area (Å²) in [4.78, 5) is 11.6. The number of H-pyrrole nitrogens is 1. The molecule has 1 aromatic heterocycles. The molecule has 1 fully saturated rings. The highest BCUT2D eigenvalue weighted by Crippen LogP contribution is 2.17. The van der Waals surface area contributed by atoms with E-state index in [9.17, 15) is 13.2 Å². The van der Waals surface area contributed by atoms with Crippen molar-refractivity contribution in [2.45, 2.75) is 6.42 Å². The number of amides is 1. The first-order chi connectivity index (χ1) is 8.47. The van der Waals surface area contributed by atoms with Gasteiger partial charge in [0.1, 0.15) is 0 Å². The molecule has 0 spiro atoms. The number of carbonyl (C=O) groups excluding carboxylic acids is 1. The van der Waals surface area contributed by atoms with Gasteiger partial charge in [-0.3, -0.25) is 9.89 Å². The van der Waals surface area contributed by atoms with Gasteiger partial charge in [0.05, 0.1) is 18.0 Å². The van der Waals surface area contributed by atoms with Gasteiger partial charge in [-0.15, -0.1) is 0 Å². The molecular formula is C10H16N4O3S. The lowest BCUT2D eigenvalue weighted by Crippen LogP contribution is -2.32. The molecule has 2 N–H and O–H groups in total. The Balaban J connectivity index is 1.81. The molecule has 0 aliphatic carbocycles. The van der Waals surface area contributed by atoms with Crippen molar-refractivity contribution >= 4 is 15.9 Å². The summed E-state index contributed by atoms with van der Waals surface area (Å²) in [6.45, 7) is 1.49. The van der Waals surface area contributed by atoms with E-state index in [1.807, 2.05) is 0 Å². The largest absolute Gasteiger partial charge is 0.352 e. The SMILES string of the molecule is CS(=O)(=O)N1CCC(CNC(=O)c2cn[nH]c2)C1. The minimum atomic E-state index is -3.11. The van der Waals surface area contributed by atoms with Crippen molar-refractivity contribution in [3.63, 3.8) is 0 Å². The third-order valence-corrected chi connectivity index (χ3v) is 4.30. The van der Waals surface area contributed by atoms with Gasteiger partial charge in [-0.25, -0.2) is 12.7 Å². The molecular weight excluding hydrogens is 256 g/mol. The number of nitrogens with zero attached hydrogens (tertiary/aromatic N) is 2. The van der Waals surface area contributed by atoms with Crippen LogP contribution in [0.5, 0.6) is 0 Å². The minimum Gasteiger partial charge on any atom is -0.352 e. The molecule has 18 heavy (non-hydrogen) atoms. The highest BCUT2D eigenvalue weighted by molar-refractivity contribution is 7.88. The first-order valence-electron chi connectivity index (χ1n) is 5.69. The summed E-state index contributed by atoms with van der Waals surface area (Å²) in [7, 11) is -3.11. The molecule has 7 nitrogen and oxygen atoms in total. The molecule has 0 radical (unpaired) electrons. The van der Waals surface area contributed by atoms with E-state index in [0.29, 0.717) is 25.2 Å². The lowest BCUT2D eigenvalue weighted by molar-refractivity contribution is 0.0948. The van der Waals surface area contributed by atoms with Crippen LogP contribution in [0, 0.1) is 5.92 Å². The lowest BCUT2D eigenvalue weighted by Gasteiger charge is -2.13. The summed E-state index contributed by atoms with van der Waals surface area (Å²) in [5.74, 6) is -0.0165. The fraction of sp³-hybridized carbons (Fsp3) is 0.600. The Morgan fingerprint density at radius 3 is 3.00 bits per heavy atom. The fourth-order valence-electron chi connectivity index (χ4n) is 1.98. The molecule has 1 atom stereocenters. The van der Waals surface area contributed by atoms with Crippen LogP contribution >= 0.6 is 0 Å². The van der Waals surface area contributed by atoms with Gasteiger partial charge in [0.2, 0.25) is 10.0 Å². The van der Waals surface area contributed by atoms with E-state index in [0.717, 1.165) is 6.42 Å². The summed E-state index contributed by atoms with van der Waals surface area (Å²) in [5, 5.41) is 9.04. The Morgan fingerprint density at radius 2 is 2.44 bits per heavy atom. The number of nitrogens with one attached hydrogen (secondary N) is 2. The van der Waals surface area contributed by atoms with Gasteiger partial charge >= 0.3 is 0 Å². The monoisotopic (exact) mass is 272 g/mol. The van der Waals surface area contributed by atoms with Gasteiger partial charge in [-0.1, -0.05) is 0 Å². The zero-order chi connectivity index (χ0) is 13.2. The molecule has 2 heterocycles. The summed E-state index contributed by atoms with van der Waals surface area (Å²) in [6, 6.07) is 0. The maximum absolute atomic E-state index is 11.6. The van der Waals surface area contributed by atoms with Gasteiger partial charge in [0.15, 0.2) is 0 Å². The second-order valence-corrected chi connectivity index (χ2v) is 6.46. The molecule has 1 amide bonds. The van der Waals surface area contributed by atoms with Crippen molar-refractivity contribution in [2.24, 2.45) is 5.92 Å². The van der Waals surface area contributed by atoms with Crippen LogP contribution in [0.3, 0.4) is 0 Å². The second kappa shape index (κ2) is 5.07. The summed E-state index contributed by atoms with van der Waals surface area (Å²) in [5.41, 5.74) is 0.480. The zero-order valence-electron chi connectivity index (χ0n) is 10.1. The molecule has 0 aromatic carbocycles. The minimum absolute atomic E-state index is 0.176. The Bertz CT molecular complexity index is 511. The molecule has 2 rings (SSSR count). The Morgan fingerprint density at radius 1 is 1.67 bits per heavy atom. The van der Waals surface area contributed by atoms with Gasteiger partial charge in [-0.05, 0) is 12.3 Å². The van der Waals surface area contributed by atoms with Crippen LogP contribution in [-0.4, -0.2) is 54.7 Å². The van der Waals surface area contributed by atoms with E-state index < -0.39 is 10.0 Å². The normalized spacial score (nSPS) is 21.1. The fourth-order valence-corrected chi connectivity index (χ4v) is 2.90. The van der Waals surface area contributed by atoms with Crippen LogP contribution in [0.15, 0.2) is 12.4 Å². The average Bonchev–Trinajstić information content (AvgIpc) is 2.96. The molecule has 1 saturated heterocycles. The third kappa shape index (κ3) is 3.08. The molecule has 1 aromatic rings. The van der Waals surface area contributed by atoms with E-state index >= 15 is 0 Å². The van der Waals surface area contributed by atoms with E-state index in [1.54, 1.807) is 0 Å². The Labute approximate surface area is 106 Å². The summed E-state index contributed by atoms with van der Waals surface area (Å²) >= 11 is 0. The van der Waals surface area contributed by atoms with Crippen LogP contribution in [0.1, 0.15) is 16.8 Å². The summed E-state index contributed by atoms with van der Waals surface area (Å²) in [6.07, 6.45) is 4.96. The smallest absolute Gasteiger partial charge is 0.254 e. The quantitative estimate of drug-likeness (QED) is 0.766. The number of rotatable bonds is 4. The number of carbonyl (C=O) groups is 1. The van der Waals surface area contributed by atoms with Crippen molar-refractivity contribution in [3.05, 3.63) is 18.0 Å². The number of sulfonamides is 1. The third-order valence-electron chi connectivity index (χ3n) is 3.03. The van der Waals surface area contributed by atoms with Gasteiger partial charge < -0.3 is 5.32 Å². The predicted octanol–water partition coefficient (Wildman–Crippen LogP) is -0.579. The van der Waals surface area contributed by atoms with Gasteiger partial charge in [0.25, 0.3) is 5.91 Å². The van der Waals surface area contributed by atoms with Crippen LogP contribution in [0.25, 0.3) is 0 Å². The molecule has 0 saturated carbocycles. The number of aromatic amines is 1. The lowest BCUT2D eigenvalue weighted by atomic mass is 10.1. The highest BCUT2D eigenvalue weighted by atomic mass is 32.2. The van der Waals surface area contributed by atoms with E-state index in [-0.39, 0.29) is 11.8 Å². The maximum Gasteiger partial charge on any atom is 0.254 e. The zero-order valence-corrected chi connectivity index (χ0v) is 10.9. The number of aromatic nitrogens is 2. The highest BCUT2D eigenvalue weighted by Gasteiger charge is 2.28. The van der Waals surface area contributed by atoms with Crippen LogP contribution in [0.2, 0.25) is 0 Å². The van der Waals surface area contributed by atoms with Crippen molar-refractivity contribution < 1.29 is 13.2 Å². The first-order valence-corrected chi connectivity index (χ1v) is 7.54. The van der Waals surface area contributed by atoms with E-state index in [2.05, 4.69) is 15.5 Å². The van der Waals surface area contributed by atoms with E-state index in [4.69, 9.17) is 0 Å². The summed E-state index contributed by atoms with van der Waals surface area (Å²) < 4.78 is 24.1. The van der Waals surface area contributed by atoms with Crippen LogP contribution < -0.4 is 5.32 Å². The van der Waals surface area contributed by atoms with E-state index in [1.165, 1.54) is 23.0 Å². The van der Waals surface area contributed by atoms with Crippen LogP contribution in [-0.2, 0) is 10.0 Å². The predicted molar refractivity (Wildman–Crippen MR) is 65.4 cm³/mol. The molecule has 0 bridgehead atoms. The van der Waals surface area contributed by atoms with Gasteiger partial charge in [-0.2, -0.15) is 5.10 Å². The van der Waals surface area contributed by atoms with Gasteiger partial charge in [0, 0.05) is 25.8 Å². The molecule has 1 aliphatic rings. The maximum atomic E-state index is 11.6.